The van der Waals surface area contributed by atoms with Gasteiger partial charge in [0.25, 0.3) is 5.56 Å². The second-order valence-electron chi connectivity index (χ2n) is 5.47. The van der Waals surface area contributed by atoms with Gasteiger partial charge in [-0.3, -0.25) is 18.7 Å². The predicted molar refractivity (Wildman–Crippen MR) is 91.8 cm³/mol. The third kappa shape index (κ3) is 2.33. The number of aromatic amines is 1. The number of pyridine rings is 1. The molecular weight excluding hydrogens is 324 g/mol. The molecule has 0 aliphatic heterocycles. The summed E-state index contributed by atoms with van der Waals surface area (Å²) in [5.41, 5.74) is -1.33. The van der Waals surface area contributed by atoms with Gasteiger partial charge >= 0.3 is 5.69 Å². The number of aromatic nitrogens is 3. The van der Waals surface area contributed by atoms with Crippen LogP contribution in [-0.2, 0) is 14.1 Å². The zero-order valence-corrected chi connectivity index (χ0v) is 13.8. The van der Waals surface area contributed by atoms with Crippen molar-refractivity contribution in [2.45, 2.75) is 0 Å². The highest BCUT2D eigenvalue weighted by molar-refractivity contribution is 5.81. The molecule has 2 heterocycles. The Hall–Kier alpha value is -3.60. The van der Waals surface area contributed by atoms with Crippen LogP contribution in [0.15, 0.2) is 38.6 Å². The number of hydrogen-bond donors (Lipinski definition) is 1. The molecule has 126 valence electrons. The summed E-state index contributed by atoms with van der Waals surface area (Å²) in [5.74, 6) is 0.617. The number of rotatable bonds is 2. The number of nitrogens with zero attached hydrogens (tertiary/aromatic N) is 3. The number of aryl methyl sites for hydroxylation is 1. The minimum absolute atomic E-state index is 0.0721. The van der Waals surface area contributed by atoms with Crippen LogP contribution in [-0.4, -0.2) is 21.2 Å². The molecule has 1 aromatic carbocycles. The lowest BCUT2D eigenvalue weighted by Crippen LogP contribution is -2.39. The second kappa shape index (κ2) is 5.79. The summed E-state index contributed by atoms with van der Waals surface area (Å²) in [6.07, 6.45) is 0. The molecule has 0 saturated carbocycles. The molecule has 0 spiro atoms. The van der Waals surface area contributed by atoms with Crippen LogP contribution < -0.4 is 21.4 Å². The van der Waals surface area contributed by atoms with Crippen LogP contribution in [0.2, 0.25) is 0 Å². The molecule has 0 bridgehead atoms. The molecular formula is C17H14N4O4. The van der Waals surface area contributed by atoms with Gasteiger partial charge in [0, 0.05) is 14.1 Å². The number of hydrogen-bond acceptors (Lipinski definition) is 5. The molecule has 25 heavy (non-hydrogen) atoms. The van der Waals surface area contributed by atoms with Crippen molar-refractivity contribution in [1.29, 1.82) is 5.26 Å². The lowest BCUT2D eigenvalue weighted by Gasteiger charge is -2.11. The van der Waals surface area contributed by atoms with E-state index in [0.717, 1.165) is 4.57 Å². The van der Waals surface area contributed by atoms with Gasteiger partial charge in [-0.1, -0.05) is 0 Å². The highest BCUT2D eigenvalue weighted by atomic mass is 16.5. The Balaban J connectivity index is 2.49. The third-order valence-corrected chi connectivity index (χ3v) is 4.10. The fraction of sp³-hybridized carbons (Fsp3) is 0.176. The first-order valence-corrected chi connectivity index (χ1v) is 7.31. The molecule has 0 saturated heterocycles. The third-order valence-electron chi connectivity index (χ3n) is 4.10. The zero-order chi connectivity index (χ0) is 18.3. The van der Waals surface area contributed by atoms with Gasteiger partial charge in [0.15, 0.2) is 0 Å². The van der Waals surface area contributed by atoms with E-state index in [1.54, 1.807) is 24.3 Å². The van der Waals surface area contributed by atoms with E-state index in [-0.39, 0.29) is 22.3 Å². The molecule has 0 amide bonds. The maximum Gasteiger partial charge on any atom is 0.332 e. The molecule has 0 fully saturated rings. The van der Waals surface area contributed by atoms with Gasteiger partial charge in [0.2, 0.25) is 5.43 Å². The Morgan fingerprint density at radius 1 is 1.08 bits per heavy atom. The van der Waals surface area contributed by atoms with Crippen LogP contribution in [0.5, 0.6) is 5.75 Å². The standard InChI is InChI=1S/C17H14N4O4/c1-20-15-12(16(23)21(2)17(20)24)14(22)11(8-18)13(19-15)9-4-6-10(25-3)7-5-9/h4-7H,1-3H3,(H,19,22). The summed E-state index contributed by atoms with van der Waals surface area (Å²) in [7, 11) is 4.26. The van der Waals surface area contributed by atoms with Crippen LogP contribution in [0.1, 0.15) is 5.56 Å². The number of methoxy groups -OCH3 is 1. The number of nitriles is 1. The number of fused-ring (bicyclic) bond motifs is 1. The quantitative estimate of drug-likeness (QED) is 0.730. The van der Waals surface area contributed by atoms with E-state index in [4.69, 9.17) is 4.74 Å². The molecule has 3 rings (SSSR count). The van der Waals surface area contributed by atoms with Crippen molar-refractivity contribution >= 4 is 11.0 Å². The van der Waals surface area contributed by atoms with Crippen LogP contribution in [0.25, 0.3) is 22.3 Å². The molecule has 8 heteroatoms. The summed E-state index contributed by atoms with van der Waals surface area (Å²) < 4.78 is 7.10. The topological polar surface area (TPSA) is 110 Å². The Kier molecular flexibility index (Phi) is 3.77. The first-order valence-electron chi connectivity index (χ1n) is 7.31. The molecule has 1 N–H and O–H groups in total. The first-order chi connectivity index (χ1) is 11.9. The first kappa shape index (κ1) is 16.3. The SMILES string of the molecule is COc1ccc(-c2[nH]c3c(c(=O)c2C#N)c(=O)n(C)c(=O)n3C)cc1. The summed E-state index contributed by atoms with van der Waals surface area (Å²) in [6.45, 7) is 0. The van der Waals surface area contributed by atoms with Gasteiger partial charge in [0.05, 0.1) is 12.8 Å². The van der Waals surface area contributed by atoms with E-state index in [0.29, 0.717) is 11.3 Å². The van der Waals surface area contributed by atoms with E-state index in [1.807, 2.05) is 6.07 Å². The van der Waals surface area contributed by atoms with Crippen molar-refractivity contribution in [3.63, 3.8) is 0 Å². The number of H-pyrrole nitrogens is 1. The van der Waals surface area contributed by atoms with Crippen molar-refractivity contribution in [3.05, 3.63) is 60.9 Å². The summed E-state index contributed by atoms with van der Waals surface area (Å²) >= 11 is 0. The van der Waals surface area contributed by atoms with Crippen LogP contribution in [0, 0.1) is 11.3 Å². The average molecular weight is 338 g/mol. The van der Waals surface area contributed by atoms with Crippen molar-refractivity contribution < 1.29 is 4.74 Å². The van der Waals surface area contributed by atoms with E-state index < -0.39 is 16.7 Å². The highest BCUT2D eigenvalue weighted by Gasteiger charge is 2.19. The van der Waals surface area contributed by atoms with E-state index in [9.17, 15) is 19.6 Å². The monoisotopic (exact) mass is 338 g/mol. The molecule has 2 aromatic heterocycles. The van der Waals surface area contributed by atoms with Crippen molar-refractivity contribution in [2.75, 3.05) is 7.11 Å². The molecule has 0 aliphatic rings. The van der Waals surface area contributed by atoms with Gasteiger partial charge in [-0.05, 0) is 29.8 Å². The molecule has 8 nitrogen and oxygen atoms in total. The fourth-order valence-electron chi connectivity index (χ4n) is 2.70. The minimum Gasteiger partial charge on any atom is -0.497 e. The lowest BCUT2D eigenvalue weighted by molar-refractivity contribution is 0.415. The van der Waals surface area contributed by atoms with Gasteiger partial charge in [-0.2, -0.15) is 5.26 Å². The van der Waals surface area contributed by atoms with E-state index >= 15 is 0 Å². The summed E-state index contributed by atoms with van der Waals surface area (Å²) in [6, 6.07) is 8.57. The van der Waals surface area contributed by atoms with Crippen LogP contribution in [0.3, 0.4) is 0 Å². The maximum absolute atomic E-state index is 12.7. The number of nitrogens with one attached hydrogen (secondary N) is 1. The van der Waals surface area contributed by atoms with Crippen LogP contribution in [0.4, 0.5) is 0 Å². The van der Waals surface area contributed by atoms with Gasteiger partial charge in [-0.25, -0.2) is 4.79 Å². The second-order valence-corrected chi connectivity index (χ2v) is 5.47. The number of ether oxygens (including phenoxy) is 1. The largest absolute Gasteiger partial charge is 0.497 e. The van der Waals surface area contributed by atoms with Crippen LogP contribution >= 0.6 is 0 Å². The highest BCUT2D eigenvalue weighted by Crippen LogP contribution is 2.23. The van der Waals surface area contributed by atoms with Crippen molar-refractivity contribution in [2.24, 2.45) is 14.1 Å². The van der Waals surface area contributed by atoms with Gasteiger partial charge in [-0.15, -0.1) is 0 Å². The summed E-state index contributed by atoms with van der Waals surface area (Å²) in [4.78, 5) is 40.1. The lowest BCUT2D eigenvalue weighted by atomic mass is 10.0. The molecule has 0 unspecified atom stereocenters. The molecule has 0 atom stereocenters. The Morgan fingerprint density at radius 3 is 2.28 bits per heavy atom. The van der Waals surface area contributed by atoms with E-state index in [1.165, 1.54) is 25.8 Å². The average Bonchev–Trinajstić information content (AvgIpc) is 2.64. The molecule has 0 radical (unpaired) electrons. The normalized spacial score (nSPS) is 10.6. The number of benzene rings is 1. The van der Waals surface area contributed by atoms with E-state index in [2.05, 4.69) is 4.98 Å². The molecule has 0 aliphatic carbocycles. The van der Waals surface area contributed by atoms with Gasteiger partial charge in [0.1, 0.15) is 28.4 Å². The Morgan fingerprint density at radius 2 is 1.72 bits per heavy atom. The maximum atomic E-state index is 12.7. The predicted octanol–water partition coefficient (Wildman–Crippen LogP) is 0.473. The smallest absolute Gasteiger partial charge is 0.332 e. The van der Waals surface area contributed by atoms with Gasteiger partial charge < -0.3 is 9.72 Å². The molecule has 3 aromatic rings. The fourth-order valence-corrected chi connectivity index (χ4v) is 2.70. The van der Waals surface area contributed by atoms with Crippen molar-refractivity contribution in [1.82, 2.24) is 14.1 Å². The minimum atomic E-state index is -0.739. The summed E-state index contributed by atoms with van der Waals surface area (Å²) in [5, 5.41) is 9.21. The van der Waals surface area contributed by atoms with Crippen molar-refractivity contribution in [3.8, 4) is 23.1 Å². The zero-order valence-electron chi connectivity index (χ0n) is 13.8. The Bertz CT molecular complexity index is 1210. The Labute approximate surface area is 141 Å².